The third-order valence-electron chi connectivity index (χ3n) is 10.1. The van der Waals surface area contributed by atoms with Gasteiger partial charge in [0.1, 0.15) is 10.8 Å². The van der Waals surface area contributed by atoms with Gasteiger partial charge in [0, 0.05) is 82.8 Å². The zero-order valence-corrected chi connectivity index (χ0v) is 26.9. The van der Waals surface area contributed by atoms with Gasteiger partial charge in [0.15, 0.2) is 23.1 Å². The molecule has 0 atom stereocenters. The molecule has 2 fully saturated rings. The predicted octanol–water partition coefficient (Wildman–Crippen LogP) is 6.13. The first kappa shape index (κ1) is 29.3. The molecule has 0 spiro atoms. The van der Waals surface area contributed by atoms with E-state index in [4.69, 9.17) is 0 Å². The summed E-state index contributed by atoms with van der Waals surface area (Å²) in [6.07, 6.45) is 0. The molecule has 46 heavy (non-hydrogen) atoms. The summed E-state index contributed by atoms with van der Waals surface area (Å²) >= 11 is 3.84. The smallest absolute Gasteiger partial charge is 0.183 e. The molecular formula is C38H32N2O4S2. The Kier molecular flexibility index (Phi) is 7.18. The number of Topliss-reactive ketones (excluding diaryl/α,β-unsaturated/α-hetero) is 4. The van der Waals surface area contributed by atoms with E-state index in [1.54, 1.807) is 72.8 Å². The number of hydrogen-bond acceptors (Lipinski definition) is 8. The Morgan fingerprint density at radius 3 is 0.978 bits per heavy atom. The second-order valence-corrected chi connectivity index (χ2v) is 14.6. The van der Waals surface area contributed by atoms with Crippen molar-refractivity contribution in [3.05, 3.63) is 130 Å². The Morgan fingerprint density at radius 2 is 0.696 bits per heavy atom. The van der Waals surface area contributed by atoms with E-state index in [1.165, 1.54) is 0 Å². The zero-order valence-electron chi connectivity index (χ0n) is 25.2. The number of thioether (sulfide) groups is 2. The third-order valence-corrected chi connectivity index (χ3v) is 12.0. The highest BCUT2D eigenvalue weighted by molar-refractivity contribution is 7.99. The molecule has 8 rings (SSSR count). The molecule has 4 aliphatic rings. The number of carbonyl (C=O) groups is 4. The van der Waals surface area contributed by atoms with E-state index in [2.05, 4.69) is 9.80 Å². The minimum Gasteiger partial charge on any atom is -0.370 e. The molecule has 0 aromatic heterocycles. The lowest BCUT2D eigenvalue weighted by Gasteiger charge is -2.42. The Labute approximate surface area is 276 Å². The number of benzene rings is 4. The lowest BCUT2D eigenvalue weighted by molar-refractivity contribution is 0.0557. The predicted molar refractivity (Wildman–Crippen MR) is 186 cm³/mol. The Balaban J connectivity index is 1.39. The van der Waals surface area contributed by atoms with Crippen LogP contribution in [0.25, 0.3) is 0 Å². The van der Waals surface area contributed by atoms with Crippen molar-refractivity contribution < 1.29 is 19.2 Å². The van der Waals surface area contributed by atoms with Crippen molar-refractivity contribution in [1.29, 1.82) is 0 Å². The average Bonchev–Trinajstić information content (AvgIpc) is 3.49. The number of anilines is 2. The van der Waals surface area contributed by atoms with Crippen molar-refractivity contribution in [3.63, 3.8) is 0 Å². The van der Waals surface area contributed by atoms with E-state index < -0.39 is 34.0 Å². The number of ketones is 4. The highest BCUT2D eigenvalue weighted by Gasteiger charge is 2.75. The topological polar surface area (TPSA) is 74.8 Å². The van der Waals surface area contributed by atoms with Gasteiger partial charge in [-0.1, -0.05) is 72.8 Å². The van der Waals surface area contributed by atoms with Crippen LogP contribution < -0.4 is 9.80 Å². The van der Waals surface area contributed by atoms with Gasteiger partial charge in [-0.05, 0) is 35.4 Å². The van der Waals surface area contributed by atoms with Gasteiger partial charge in [-0.3, -0.25) is 19.2 Å². The van der Waals surface area contributed by atoms with Crippen molar-refractivity contribution in [2.75, 3.05) is 59.0 Å². The van der Waals surface area contributed by atoms with E-state index >= 15 is 19.2 Å². The molecule has 2 aliphatic heterocycles. The van der Waals surface area contributed by atoms with E-state index in [0.717, 1.165) is 60.6 Å². The molecule has 4 aromatic carbocycles. The lowest BCUT2D eigenvalue weighted by Crippen LogP contribution is -2.62. The molecule has 2 heterocycles. The standard InChI is InChI=1S/C38H32N2O4S2/c41-33-29-5-1-2-6-30(29)34(42)37(33,25-9-13-27(14-10-25)39-17-21-45-22-18-39)38(35(43)31-7-3-4-8-32(31)36(38)44)26-11-15-28(16-12-26)40-19-23-46-24-20-40/h1-16H,17-24H2. The molecule has 6 nitrogen and oxygen atoms in total. The van der Waals surface area contributed by atoms with Crippen molar-refractivity contribution in [1.82, 2.24) is 0 Å². The minimum atomic E-state index is -2.12. The molecule has 0 radical (unpaired) electrons. The normalized spacial score (nSPS) is 20.2. The van der Waals surface area contributed by atoms with Crippen molar-refractivity contribution in [3.8, 4) is 0 Å². The van der Waals surface area contributed by atoms with Crippen molar-refractivity contribution in [2.24, 2.45) is 0 Å². The largest absolute Gasteiger partial charge is 0.370 e. The fourth-order valence-electron chi connectivity index (χ4n) is 7.90. The second-order valence-electron chi connectivity index (χ2n) is 12.2. The maximum absolute atomic E-state index is 15.1. The van der Waals surface area contributed by atoms with Gasteiger partial charge in [0.25, 0.3) is 0 Å². The highest BCUT2D eigenvalue weighted by atomic mass is 32.2. The number of carbonyl (C=O) groups excluding carboxylic acids is 4. The lowest BCUT2D eigenvalue weighted by atomic mass is 9.52. The average molecular weight is 645 g/mol. The molecule has 2 aliphatic carbocycles. The Morgan fingerprint density at radius 1 is 0.413 bits per heavy atom. The summed E-state index contributed by atoms with van der Waals surface area (Å²) in [5.74, 6) is 2.04. The molecule has 0 N–H and O–H groups in total. The van der Waals surface area contributed by atoms with Crippen LogP contribution >= 0.6 is 23.5 Å². The number of hydrogen-bond donors (Lipinski definition) is 0. The van der Waals surface area contributed by atoms with Crippen molar-refractivity contribution in [2.45, 2.75) is 10.8 Å². The van der Waals surface area contributed by atoms with Crippen LogP contribution in [-0.4, -0.2) is 72.3 Å². The first-order valence-corrected chi connectivity index (χ1v) is 18.0. The summed E-state index contributed by atoms with van der Waals surface area (Å²) in [6.45, 7) is 3.60. The molecule has 0 unspecified atom stereocenters. The molecule has 0 saturated carbocycles. The fourth-order valence-corrected chi connectivity index (χ4v) is 9.70. The van der Waals surface area contributed by atoms with Crippen LogP contribution in [0.15, 0.2) is 97.1 Å². The molecule has 230 valence electrons. The van der Waals surface area contributed by atoms with Gasteiger partial charge < -0.3 is 9.80 Å². The van der Waals surface area contributed by atoms with Gasteiger partial charge >= 0.3 is 0 Å². The quantitative estimate of drug-likeness (QED) is 0.241. The third kappa shape index (κ3) is 3.99. The van der Waals surface area contributed by atoms with E-state index in [-0.39, 0.29) is 22.3 Å². The molecule has 0 bridgehead atoms. The summed E-state index contributed by atoms with van der Waals surface area (Å²) in [5, 5.41) is 0. The molecular weight excluding hydrogens is 613 g/mol. The van der Waals surface area contributed by atoms with Crippen LogP contribution in [0.1, 0.15) is 52.6 Å². The van der Waals surface area contributed by atoms with Crippen LogP contribution in [0.3, 0.4) is 0 Å². The van der Waals surface area contributed by atoms with Crippen LogP contribution in [0.4, 0.5) is 11.4 Å². The van der Waals surface area contributed by atoms with Gasteiger partial charge in [-0.2, -0.15) is 23.5 Å². The minimum absolute atomic E-state index is 0.239. The summed E-state index contributed by atoms with van der Waals surface area (Å²) in [7, 11) is 0. The zero-order chi connectivity index (χ0) is 31.5. The van der Waals surface area contributed by atoms with E-state index in [0.29, 0.717) is 11.1 Å². The Hall–Kier alpha value is -4.14. The number of fused-ring (bicyclic) bond motifs is 2. The first-order chi connectivity index (χ1) is 22.5. The van der Waals surface area contributed by atoms with Crippen LogP contribution in [0.5, 0.6) is 0 Å². The Bertz CT molecular complexity index is 1680. The SMILES string of the molecule is O=C1c2ccccc2C(=O)C1(c1ccc(N2CCSCC2)cc1)C1(c2ccc(N3CCSCC3)cc2)C(=O)c2ccccc2C1=O. The molecule has 0 amide bonds. The summed E-state index contributed by atoms with van der Waals surface area (Å²) in [6, 6.07) is 28.4. The summed E-state index contributed by atoms with van der Waals surface area (Å²) < 4.78 is 0. The van der Waals surface area contributed by atoms with Gasteiger partial charge in [-0.25, -0.2) is 0 Å². The first-order valence-electron chi connectivity index (χ1n) is 15.7. The van der Waals surface area contributed by atoms with Crippen LogP contribution in [0.2, 0.25) is 0 Å². The van der Waals surface area contributed by atoms with E-state index in [9.17, 15) is 0 Å². The monoisotopic (exact) mass is 644 g/mol. The van der Waals surface area contributed by atoms with Crippen LogP contribution in [0, 0.1) is 0 Å². The molecule has 4 aromatic rings. The maximum atomic E-state index is 15.1. The van der Waals surface area contributed by atoms with Gasteiger partial charge in [-0.15, -0.1) is 0 Å². The van der Waals surface area contributed by atoms with Crippen molar-refractivity contribution >= 4 is 58.0 Å². The highest BCUT2D eigenvalue weighted by Crippen LogP contribution is 2.58. The molecule has 2 saturated heterocycles. The number of nitrogens with zero attached hydrogens (tertiary/aromatic N) is 2. The maximum Gasteiger partial charge on any atom is 0.183 e. The molecule has 8 heteroatoms. The summed E-state index contributed by atoms with van der Waals surface area (Å²) in [4.78, 5) is 64.9. The number of rotatable bonds is 5. The van der Waals surface area contributed by atoms with Gasteiger partial charge in [0.05, 0.1) is 0 Å². The van der Waals surface area contributed by atoms with E-state index in [1.807, 2.05) is 47.8 Å². The summed E-state index contributed by atoms with van der Waals surface area (Å²) in [5.41, 5.74) is -0.592. The van der Waals surface area contributed by atoms with Gasteiger partial charge in [0.2, 0.25) is 0 Å². The second kappa shape index (κ2) is 11.3. The van der Waals surface area contributed by atoms with Crippen LogP contribution in [-0.2, 0) is 10.8 Å². The fraction of sp³-hybridized carbons (Fsp3) is 0.263.